The van der Waals surface area contributed by atoms with E-state index >= 15 is 0 Å². The summed E-state index contributed by atoms with van der Waals surface area (Å²) < 4.78 is 34.2. The molecule has 1 aliphatic heterocycles. The first-order chi connectivity index (χ1) is 5.63. The third kappa shape index (κ3) is 16.1. The number of hydrogen-bond donors (Lipinski definition) is 0. The number of nitrogens with zero attached hydrogens (tertiary/aromatic N) is 1. The fraction of sp³-hybridized carbons (Fsp3) is 0.833. The van der Waals surface area contributed by atoms with Crippen molar-refractivity contribution in [1.82, 2.24) is 4.90 Å². The van der Waals surface area contributed by atoms with Crippen LogP contribution < -0.4 is 51.4 Å². The fourth-order valence-corrected chi connectivity index (χ4v) is 0.798. The van der Waals surface area contributed by atoms with Gasteiger partial charge < -0.3 is 9.64 Å². The van der Waals surface area contributed by atoms with Gasteiger partial charge in [-0.2, -0.15) is 0 Å². The summed E-state index contributed by atoms with van der Waals surface area (Å²) in [6, 6.07) is 0. The van der Waals surface area contributed by atoms with Crippen molar-refractivity contribution in [2.75, 3.05) is 26.3 Å². The normalized spacial score (nSPS) is 17.5. The van der Waals surface area contributed by atoms with E-state index < -0.39 is 7.54 Å². The second-order valence-corrected chi connectivity index (χ2v) is 2.33. The van der Waals surface area contributed by atoms with Gasteiger partial charge in [0.2, 0.25) is 0 Å². The van der Waals surface area contributed by atoms with Gasteiger partial charge in [-0.15, -0.1) is 0 Å². The minimum atomic E-state index is -3.67. The Morgan fingerprint density at radius 1 is 1.15 bits per heavy atom. The Morgan fingerprint density at radius 2 is 1.69 bits per heavy atom. The van der Waals surface area contributed by atoms with Crippen molar-refractivity contribution in [3.05, 3.63) is 7.05 Å². The van der Waals surface area contributed by atoms with Crippen molar-refractivity contribution in [2.24, 2.45) is 0 Å². The molecule has 0 aromatic heterocycles. The molecular formula is C6H12BF3KNO. The first kappa shape index (κ1) is 16.8. The number of ether oxygens (including phenoxy) is 1. The summed E-state index contributed by atoms with van der Waals surface area (Å²) in [7, 11) is 0.144. The van der Waals surface area contributed by atoms with E-state index in [0.29, 0.717) is 0 Å². The maximum absolute atomic E-state index is 9.67. The van der Waals surface area contributed by atoms with E-state index in [1.54, 1.807) is 0 Å². The van der Waals surface area contributed by atoms with Crippen LogP contribution in [0.1, 0.15) is 6.42 Å². The molecule has 7 heteroatoms. The van der Waals surface area contributed by atoms with Crippen molar-refractivity contribution >= 4 is 7.54 Å². The average molecular weight is 221 g/mol. The molecule has 1 heterocycles. The average Bonchev–Trinajstić information content (AvgIpc) is 2.14. The van der Waals surface area contributed by atoms with Gasteiger partial charge in [-0.1, -0.05) is 0 Å². The van der Waals surface area contributed by atoms with E-state index in [2.05, 4.69) is 7.05 Å². The zero-order valence-electron chi connectivity index (χ0n) is 7.81. The Morgan fingerprint density at radius 3 is 2.23 bits per heavy atom. The Balaban J connectivity index is 0. The molecule has 0 amide bonds. The molecule has 0 unspecified atom stereocenters. The van der Waals surface area contributed by atoms with E-state index in [4.69, 9.17) is 4.74 Å². The molecule has 1 saturated heterocycles. The summed E-state index contributed by atoms with van der Waals surface area (Å²) in [5, 5.41) is 0. The van der Waals surface area contributed by atoms with Crippen LogP contribution in [-0.2, 0) is 4.74 Å². The third-order valence-corrected chi connectivity index (χ3v) is 1.31. The Kier molecular flexibility index (Phi) is 14.9. The second-order valence-electron chi connectivity index (χ2n) is 2.33. The monoisotopic (exact) mass is 221 g/mol. The predicted molar refractivity (Wildman–Crippen MR) is 41.4 cm³/mol. The molecule has 0 aliphatic carbocycles. The van der Waals surface area contributed by atoms with Crippen LogP contribution in [0.15, 0.2) is 0 Å². The van der Waals surface area contributed by atoms with E-state index in [1.165, 1.54) is 0 Å². The van der Waals surface area contributed by atoms with Gasteiger partial charge in [-0.3, -0.25) is 20.0 Å². The van der Waals surface area contributed by atoms with Crippen LogP contribution in [0.4, 0.5) is 12.9 Å². The maximum Gasteiger partial charge on any atom is 1.00 e. The SMILES string of the molecule is FB(F)F.[CH2-]N1CCCOCC1.[K+]. The minimum Gasteiger partial charge on any atom is -0.457 e. The van der Waals surface area contributed by atoms with Crippen LogP contribution in [0.25, 0.3) is 0 Å². The molecule has 0 N–H and O–H groups in total. The summed E-state index contributed by atoms with van der Waals surface area (Å²) >= 11 is 0. The van der Waals surface area contributed by atoms with Crippen molar-refractivity contribution < 1.29 is 69.1 Å². The van der Waals surface area contributed by atoms with Crippen LogP contribution in [0.3, 0.4) is 0 Å². The van der Waals surface area contributed by atoms with Gasteiger partial charge >= 0.3 is 58.9 Å². The fourth-order valence-electron chi connectivity index (χ4n) is 0.798. The number of rotatable bonds is 0. The van der Waals surface area contributed by atoms with Crippen molar-refractivity contribution in [3.8, 4) is 0 Å². The Labute approximate surface area is 120 Å². The topological polar surface area (TPSA) is 12.5 Å². The molecule has 2 nitrogen and oxygen atoms in total. The molecule has 1 aliphatic rings. The summed E-state index contributed by atoms with van der Waals surface area (Å²) in [6.45, 7) is 3.83. The zero-order chi connectivity index (χ0) is 9.40. The molecule has 0 atom stereocenters. The molecule has 0 aromatic carbocycles. The molecule has 72 valence electrons. The van der Waals surface area contributed by atoms with Gasteiger partial charge in [0.15, 0.2) is 0 Å². The van der Waals surface area contributed by atoms with Crippen molar-refractivity contribution in [2.45, 2.75) is 6.42 Å². The summed E-state index contributed by atoms with van der Waals surface area (Å²) in [5.74, 6) is 0. The van der Waals surface area contributed by atoms with Crippen LogP contribution in [0.2, 0.25) is 0 Å². The molecule has 1 fully saturated rings. The molecule has 0 saturated carbocycles. The van der Waals surface area contributed by atoms with Gasteiger partial charge in [-0.05, 0) is 19.5 Å². The van der Waals surface area contributed by atoms with Crippen LogP contribution >= 0.6 is 0 Å². The molecule has 0 spiro atoms. The molecular weight excluding hydrogens is 209 g/mol. The van der Waals surface area contributed by atoms with Gasteiger partial charge in [0.1, 0.15) is 0 Å². The van der Waals surface area contributed by atoms with Crippen LogP contribution in [0.5, 0.6) is 0 Å². The molecule has 13 heavy (non-hydrogen) atoms. The van der Waals surface area contributed by atoms with E-state index in [1.807, 2.05) is 4.90 Å². The molecule has 0 bridgehead atoms. The van der Waals surface area contributed by atoms with E-state index in [0.717, 1.165) is 32.7 Å². The third-order valence-electron chi connectivity index (χ3n) is 1.31. The number of halogens is 3. The van der Waals surface area contributed by atoms with E-state index in [-0.39, 0.29) is 51.4 Å². The maximum atomic E-state index is 9.67. The molecule has 1 rings (SSSR count). The van der Waals surface area contributed by atoms with Crippen molar-refractivity contribution in [3.63, 3.8) is 0 Å². The smallest absolute Gasteiger partial charge is 0.457 e. The molecule has 0 aromatic rings. The van der Waals surface area contributed by atoms with E-state index in [9.17, 15) is 12.9 Å². The zero-order valence-corrected chi connectivity index (χ0v) is 10.9. The first-order valence-corrected chi connectivity index (χ1v) is 3.68. The summed E-state index contributed by atoms with van der Waals surface area (Å²) in [6.07, 6.45) is 1.13. The Hall–Kier alpha value is 1.41. The first-order valence-electron chi connectivity index (χ1n) is 3.68. The van der Waals surface area contributed by atoms with Gasteiger partial charge in [-0.25, -0.2) is 0 Å². The Bertz CT molecular complexity index is 101. The quantitative estimate of drug-likeness (QED) is 0.360. The van der Waals surface area contributed by atoms with Crippen LogP contribution in [-0.4, -0.2) is 38.7 Å². The van der Waals surface area contributed by atoms with Gasteiger partial charge in [0.25, 0.3) is 0 Å². The number of hydrogen-bond acceptors (Lipinski definition) is 2. The largest absolute Gasteiger partial charge is 1.00 e. The van der Waals surface area contributed by atoms with Gasteiger partial charge in [0, 0.05) is 6.61 Å². The summed E-state index contributed by atoms with van der Waals surface area (Å²) in [5.41, 5.74) is 0. The molecule has 0 radical (unpaired) electrons. The van der Waals surface area contributed by atoms with Crippen molar-refractivity contribution in [1.29, 1.82) is 0 Å². The summed E-state index contributed by atoms with van der Waals surface area (Å²) in [4.78, 5) is 2.05. The predicted octanol–water partition coefficient (Wildman–Crippen LogP) is -1.62. The second kappa shape index (κ2) is 11.5. The standard InChI is InChI=1S/C6H12NO.BF3.K/c1-7-3-2-5-8-6-4-7;2-1(3)4;/h1-6H2;;/q-1;;+1. The minimum absolute atomic E-state index is 0. The van der Waals surface area contributed by atoms with Gasteiger partial charge in [0.05, 0.1) is 6.61 Å². The van der Waals surface area contributed by atoms with Crippen LogP contribution in [0, 0.1) is 7.05 Å².